The van der Waals surface area contributed by atoms with Crippen LogP contribution in [-0.4, -0.2) is 33.2 Å². The fourth-order valence-electron chi connectivity index (χ4n) is 3.17. The maximum absolute atomic E-state index is 12.8. The van der Waals surface area contributed by atoms with Gasteiger partial charge in [-0.05, 0) is 38.8 Å². The molecule has 2 N–H and O–H groups in total. The lowest BCUT2D eigenvalue weighted by molar-refractivity contribution is 0.0522. The van der Waals surface area contributed by atoms with E-state index in [1.165, 1.54) is 16.8 Å². The molecule has 1 aliphatic heterocycles. The van der Waals surface area contributed by atoms with Crippen LogP contribution in [0.25, 0.3) is 5.57 Å². The van der Waals surface area contributed by atoms with Crippen LogP contribution in [0.4, 0.5) is 5.69 Å². The van der Waals surface area contributed by atoms with Crippen molar-refractivity contribution >= 4 is 23.2 Å². The van der Waals surface area contributed by atoms with E-state index in [1.54, 1.807) is 31.3 Å². The van der Waals surface area contributed by atoms with E-state index in [-0.39, 0.29) is 23.8 Å². The summed E-state index contributed by atoms with van der Waals surface area (Å²) in [6, 6.07) is 6.44. The zero-order valence-corrected chi connectivity index (χ0v) is 15.6. The van der Waals surface area contributed by atoms with Crippen LogP contribution in [0.3, 0.4) is 0 Å². The van der Waals surface area contributed by atoms with Crippen molar-refractivity contribution in [3.05, 3.63) is 64.0 Å². The van der Waals surface area contributed by atoms with E-state index in [9.17, 15) is 19.5 Å². The molecule has 2 aromatic rings. The number of aromatic carboxylic acids is 1. The number of carboxylic acids is 1. The standard InChI is InChI=1S/C20H21N3O5/c1-3-28-20(27)15-11-22-17-13(9-8-12(2)23(17)18(15)24)10-21-16-7-5-4-6-14(16)19(25)26/h4-7,10-12,21H,3,8-9H2,1-2H3,(H,25,26). The van der Waals surface area contributed by atoms with Gasteiger partial charge in [-0.25, -0.2) is 14.6 Å². The number of hydrogen-bond donors (Lipinski definition) is 2. The molecule has 8 heteroatoms. The lowest BCUT2D eigenvalue weighted by Crippen LogP contribution is -2.34. The molecule has 1 unspecified atom stereocenters. The molecule has 0 amide bonds. The number of para-hydroxylation sites is 1. The minimum Gasteiger partial charge on any atom is -0.478 e. The van der Waals surface area contributed by atoms with Gasteiger partial charge in [-0.2, -0.15) is 0 Å². The van der Waals surface area contributed by atoms with Gasteiger partial charge in [-0.3, -0.25) is 9.36 Å². The number of rotatable bonds is 5. The molecule has 0 saturated carbocycles. The number of benzene rings is 1. The van der Waals surface area contributed by atoms with Crippen molar-refractivity contribution in [2.45, 2.75) is 32.7 Å². The third-order valence-corrected chi connectivity index (χ3v) is 4.61. The Morgan fingerprint density at radius 1 is 1.36 bits per heavy atom. The van der Waals surface area contributed by atoms with Crippen LogP contribution in [-0.2, 0) is 4.74 Å². The summed E-state index contributed by atoms with van der Waals surface area (Å²) in [7, 11) is 0. The minimum absolute atomic E-state index is 0.0946. The van der Waals surface area contributed by atoms with Crippen LogP contribution in [0.5, 0.6) is 0 Å². The molecule has 1 atom stereocenters. The minimum atomic E-state index is -1.03. The maximum Gasteiger partial charge on any atom is 0.345 e. The normalized spacial score (nSPS) is 17.1. The van der Waals surface area contributed by atoms with Crippen LogP contribution < -0.4 is 10.9 Å². The van der Waals surface area contributed by atoms with Crippen molar-refractivity contribution in [2.24, 2.45) is 0 Å². The van der Waals surface area contributed by atoms with E-state index in [4.69, 9.17) is 4.74 Å². The van der Waals surface area contributed by atoms with E-state index in [0.29, 0.717) is 24.4 Å². The number of anilines is 1. The molecule has 0 spiro atoms. The summed E-state index contributed by atoms with van der Waals surface area (Å²) < 4.78 is 6.42. The first-order chi connectivity index (χ1) is 13.4. The van der Waals surface area contributed by atoms with Crippen molar-refractivity contribution in [2.75, 3.05) is 11.9 Å². The van der Waals surface area contributed by atoms with E-state index in [0.717, 1.165) is 5.57 Å². The molecule has 0 radical (unpaired) electrons. The highest BCUT2D eigenvalue weighted by Crippen LogP contribution is 2.30. The molecule has 146 valence electrons. The first-order valence-corrected chi connectivity index (χ1v) is 9.01. The topological polar surface area (TPSA) is 111 Å². The lowest BCUT2D eigenvalue weighted by Gasteiger charge is -2.26. The molecule has 8 nitrogen and oxygen atoms in total. The summed E-state index contributed by atoms with van der Waals surface area (Å²) in [6.45, 7) is 3.74. The van der Waals surface area contributed by atoms with Crippen molar-refractivity contribution in [3.8, 4) is 0 Å². The van der Waals surface area contributed by atoms with E-state index < -0.39 is 17.5 Å². The largest absolute Gasteiger partial charge is 0.478 e. The molecule has 0 fully saturated rings. The van der Waals surface area contributed by atoms with Gasteiger partial charge in [0.05, 0.1) is 17.9 Å². The molecule has 1 aromatic heterocycles. The molecule has 3 rings (SSSR count). The fourth-order valence-corrected chi connectivity index (χ4v) is 3.17. The van der Waals surface area contributed by atoms with Crippen molar-refractivity contribution in [3.63, 3.8) is 0 Å². The second-order valence-electron chi connectivity index (χ2n) is 6.44. The maximum atomic E-state index is 12.8. The smallest absolute Gasteiger partial charge is 0.345 e. The molecule has 2 heterocycles. The second-order valence-corrected chi connectivity index (χ2v) is 6.44. The summed E-state index contributed by atoms with van der Waals surface area (Å²) in [4.78, 5) is 40.5. The van der Waals surface area contributed by atoms with Crippen molar-refractivity contribution in [1.29, 1.82) is 0 Å². The van der Waals surface area contributed by atoms with Gasteiger partial charge in [0.1, 0.15) is 11.4 Å². The van der Waals surface area contributed by atoms with Gasteiger partial charge in [0.25, 0.3) is 5.56 Å². The monoisotopic (exact) mass is 383 g/mol. The zero-order chi connectivity index (χ0) is 20.3. The molecular weight excluding hydrogens is 362 g/mol. The van der Waals surface area contributed by atoms with Gasteiger partial charge in [0.2, 0.25) is 0 Å². The van der Waals surface area contributed by atoms with Crippen LogP contribution in [0, 0.1) is 0 Å². The average molecular weight is 383 g/mol. The first-order valence-electron chi connectivity index (χ1n) is 9.01. The van der Waals surface area contributed by atoms with Gasteiger partial charge >= 0.3 is 11.9 Å². The summed E-state index contributed by atoms with van der Waals surface area (Å²) >= 11 is 0. The molecule has 28 heavy (non-hydrogen) atoms. The van der Waals surface area contributed by atoms with Gasteiger partial charge in [-0.15, -0.1) is 0 Å². The summed E-state index contributed by atoms with van der Waals surface area (Å²) in [5.41, 5.74) is 0.811. The van der Waals surface area contributed by atoms with E-state index in [1.807, 2.05) is 6.92 Å². The highest BCUT2D eigenvalue weighted by molar-refractivity contribution is 5.94. The Morgan fingerprint density at radius 3 is 2.82 bits per heavy atom. The highest BCUT2D eigenvalue weighted by Gasteiger charge is 2.26. The Morgan fingerprint density at radius 2 is 2.11 bits per heavy atom. The zero-order valence-electron chi connectivity index (χ0n) is 15.6. The fraction of sp³-hybridized carbons (Fsp3) is 0.300. The number of carbonyl (C=O) groups is 2. The number of carboxylic acid groups (broad SMARTS) is 1. The molecule has 1 aliphatic rings. The Hall–Kier alpha value is -3.42. The van der Waals surface area contributed by atoms with E-state index in [2.05, 4.69) is 10.3 Å². The van der Waals surface area contributed by atoms with Crippen molar-refractivity contribution in [1.82, 2.24) is 9.55 Å². The number of nitrogens with one attached hydrogen (secondary N) is 1. The predicted molar refractivity (Wildman–Crippen MR) is 103 cm³/mol. The second kappa shape index (κ2) is 8.08. The third kappa shape index (κ3) is 3.66. The number of hydrogen-bond acceptors (Lipinski definition) is 6. The first kappa shape index (κ1) is 19.3. The van der Waals surface area contributed by atoms with Crippen LogP contribution >= 0.6 is 0 Å². The number of carbonyl (C=O) groups excluding carboxylic acids is 1. The Balaban J connectivity index is 1.99. The Kier molecular flexibility index (Phi) is 5.58. The number of fused-ring (bicyclic) bond motifs is 1. The summed E-state index contributed by atoms with van der Waals surface area (Å²) in [6.07, 6.45) is 4.25. The molecule has 1 aromatic carbocycles. The summed E-state index contributed by atoms with van der Waals surface area (Å²) in [5, 5.41) is 12.3. The lowest BCUT2D eigenvalue weighted by atomic mass is 10.0. The Bertz CT molecular complexity index is 1010. The van der Waals surface area contributed by atoms with Crippen molar-refractivity contribution < 1.29 is 19.4 Å². The van der Waals surface area contributed by atoms with E-state index >= 15 is 0 Å². The molecular formula is C20H21N3O5. The van der Waals surface area contributed by atoms with Crippen LogP contribution in [0.2, 0.25) is 0 Å². The third-order valence-electron chi connectivity index (χ3n) is 4.61. The molecule has 0 aliphatic carbocycles. The predicted octanol–water partition coefficient (Wildman–Crippen LogP) is 2.93. The SMILES string of the molecule is CCOC(=O)c1cnc2n(c1=O)C(C)CCC2=CNc1ccccc1C(=O)O. The molecule has 0 saturated heterocycles. The quantitative estimate of drug-likeness (QED) is 0.764. The van der Waals surface area contributed by atoms with Gasteiger partial charge in [0.15, 0.2) is 0 Å². The number of aromatic nitrogens is 2. The number of nitrogens with zero attached hydrogens (tertiary/aromatic N) is 2. The molecule has 0 bridgehead atoms. The number of allylic oxidation sites excluding steroid dienone is 1. The Labute approximate surface area is 161 Å². The number of ether oxygens (including phenoxy) is 1. The highest BCUT2D eigenvalue weighted by atomic mass is 16.5. The van der Waals surface area contributed by atoms with Crippen LogP contribution in [0.15, 0.2) is 41.5 Å². The average Bonchev–Trinajstić information content (AvgIpc) is 2.67. The van der Waals surface area contributed by atoms with Gasteiger partial charge in [-0.1, -0.05) is 12.1 Å². The number of esters is 1. The van der Waals surface area contributed by atoms with Gasteiger partial charge in [0, 0.05) is 24.0 Å². The van der Waals surface area contributed by atoms with Crippen LogP contribution in [0.1, 0.15) is 59.3 Å². The van der Waals surface area contributed by atoms with Gasteiger partial charge < -0.3 is 15.2 Å². The summed E-state index contributed by atoms with van der Waals surface area (Å²) in [5.74, 6) is -1.27.